The fraction of sp³-hybridized carbons (Fsp3) is 0.625. The molecule has 3 heteroatoms. The van der Waals surface area contributed by atoms with E-state index in [0.29, 0.717) is 6.04 Å². The third kappa shape index (κ3) is 4.51. The van der Waals surface area contributed by atoms with Gasteiger partial charge in [-0.2, -0.15) is 0 Å². The summed E-state index contributed by atoms with van der Waals surface area (Å²) in [4.78, 5) is 0. The van der Waals surface area contributed by atoms with E-state index in [-0.39, 0.29) is 12.5 Å². The van der Waals surface area contributed by atoms with Crippen molar-refractivity contribution in [3.05, 3.63) is 29.8 Å². The van der Waals surface area contributed by atoms with Gasteiger partial charge >= 0.3 is 0 Å². The third-order valence-corrected chi connectivity index (χ3v) is 3.90. The predicted octanol–water partition coefficient (Wildman–Crippen LogP) is 2.58. The van der Waals surface area contributed by atoms with Crippen LogP contribution in [0.2, 0.25) is 0 Å². The number of rotatable bonds is 8. The monoisotopic (exact) mass is 263 g/mol. The molecule has 0 amide bonds. The van der Waals surface area contributed by atoms with Crippen LogP contribution in [0.4, 0.5) is 0 Å². The summed E-state index contributed by atoms with van der Waals surface area (Å²) in [6.45, 7) is 6.00. The Bertz CT molecular complexity index is 390. The van der Waals surface area contributed by atoms with Gasteiger partial charge in [0.25, 0.3) is 0 Å². The van der Waals surface area contributed by atoms with Gasteiger partial charge in [-0.1, -0.05) is 25.1 Å². The summed E-state index contributed by atoms with van der Waals surface area (Å²) in [5.41, 5.74) is 1.19. The number of aliphatic hydroxyl groups excluding tert-OH is 1. The molecule has 0 radical (unpaired) electrons. The Labute approximate surface area is 116 Å². The molecule has 2 N–H and O–H groups in total. The molecule has 2 rings (SSSR count). The van der Waals surface area contributed by atoms with Crippen LogP contribution in [0.25, 0.3) is 0 Å². The van der Waals surface area contributed by atoms with Crippen molar-refractivity contribution in [1.82, 2.24) is 5.32 Å². The molecule has 1 aromatic carbocycles. The van der Waals surface area contributed by atoms with Crippen molar-refractivity contribution in [3.63, 3.8) is 0 Å². The third-order valence-electron chi connectivity index (χ3n) is 3.90. The Balaban J connectivity index is 1.87. The highest BCUT2D eigenvalue weighted by atomic mass is 16.5. The largest absolute Gasteiger partial charge is 0.493 e. The lowest BCUT2D eigenvalue weighted by Gasteiger charge is -2.20. The number of hydrogen-bond donors (Lipinski definition) is 2. The van der Waals surface area contributed by atoms with Crippen LogP contribution < -0.4 is 10.1 Å². The molecular formula is C16H25NO2. The number of hydrogen-bond acceptors (Lipinski definition) is 3. The SMILES string of the molecule is CC(CO)C(C)NCc1ccccc1OCC1CC1. The van der Waals surface area contributed by atoms with E-state index in [9.17, 15) is 0 Å². The van der Waals surface area contributed by atoms with Crippen molar-refractivity contribution >= 4 is 0 Å². The summed E-state index contributed by atoms with van der Waals surface area (Å²) < 4.78 is 5.89. The molecule has 1 fully saturated rings. The van der Waals surface area contributed by atoms with Crippen molar-refractivity contribution in [1.29, 1.82) is 0 Å². The Hall–Kier alpha value is -1.06. The lowest BCUT2D eigenvalue weighted by atomic mass is 10.0. The average Bonchev–Trinajstić information content (AvgIpc) is 3.26. The highest BCUT2D eigenvalue weighted by molar-refractivity contribution is 5.33. The van der Waals surface area contributed by atoms with E-state index in [1.54, 1.807) is 0 Å². The number of nitrogens with one attached hydrogen (secondary N) is 1. The fourth-order valence-corrected chi connectivity index (χ4v) is 1.91. The summed E-state index contributed by atoms with van der Waals surface area (Å²) in [7, 11) is 0. The first-order valence-electron chi connectivity index (χ1n) is 7.25. The van der Waals surface area contributed by atoms with Gasteiger partial charge in [-0.25, -0.2) is 0 Å². The Morgan fingerprint density at radius 2 is 2.05 bits per heavy atom. The van der Waals surface area contributed by atoms with Gasteiger partial charge in [0.15, 0.2) is 0 Å². The lowest BCUT2D eigenvalue weighted by molar-refractivity contribution is 0.206. The zero-order valence-electron chi connectivity index (χ0n) is 11.9. The topological polar surface area (TPSA) is 41.5 Å². The van der Waals surface area contributed by atoms with Crippen LogP contribution in [0.3, 0.4) is 0 Å². The first kappa shape index (κ1) is 14.4. The number of aliphatic hydroxyl groups is 1. The van der Waals surface area contributed by atoms with E-state index >= 15 is 0 Å². The highest BCUT2D eigenvalue weighted by Crippen LogP contribution is 2.30. The van der Waals surface area contributed by atoms with Gasteiger partial charge in [0.05, 0.1) is 6.61 Å². The van der Waals surface area contributed by atoms with Gasteiger partial charge in [-0.05, 0) is 37.7 Å². The van der Waals surface area contributed by atoms with Crippen LogP contribution in [0.5, 0.6) is 5.75 Å². The molecule has 0 aliphatic heterocycles. The molecule has 19 heavy (non-hydrogen) atoms. The maximum absolute atomic E-state index is 9.14. The van der Waals surface area contributed by atoms with Crippen LogP contribution in [0, 0.1) is 11.8 Å². The predicted molar refractivity (Wildman–Crippen MR) is 77.2 cm³/mol. The van der Waals surface area contributed by atoms with Crippen LogP contribution >= 0.6 is 0 Å². The molecule has 1 aliphatic carbocycles. The summed E-state index contributed by atoms with van der Waals surface area (Å²) in [6, 6.07) is 8.50. The second-order valence-corrected chi connectivity index (χ2v) is 5.69. The quantitative estimate of drug-likeness (QED) is 0.757. The second-order valence-electron chi connectivity index (χ2n) is 5.69. The van der Waals surface area contributed by atoms with Gasteiger partial charge in [-0.3, -0.25) is 0 Å². The summed E-state index contributed by atoms with van der Waals surface area (Å²) >= 11 is 0. The van der Waals surface area contributed by atoms with Crippen molar-refractivity contribution in [2.45, 2.75) is 39.3 Å². The molecule has 0 spiro atoms. The molecule has 1 aromatic rings. The van der Waals surface area contributed by atoms with Crippen LogP contribution in [-0.2, 0) is 6.54 Å². The van der Waals surface area contributed by atoms with Crippen molar-refractivity contribution < 1.29 is 9.84 Å². The van der Waals surface area contributed by atoms with Crippen molar-refractivity contribution in [2.24, 2.45) is 11.8 Å². The molecule has 1 aliphatic rings. The standard InChI is InChI=1S/C16H25NO2/c1-12(10-18)13(2)17-9-15-5-3-4-6-16(15)19-11-14-7-8-14/h3-6,12-14,17-18H,7-11H2,1-2H3. The van der Waals surface area contributed by atoms with Crippen LogP contribution in [0.15, 0.2) is 24.3 Å². The molecule has 0 saturated heterocycles. The Morgan fingerprint density at radius 1 is 1.32 bits per heavy atom. The normalized spacial score (nSPS) is 18.1. The van der Waals surface area contributed by atoms with Gasteiger partial charge in [0, 0.05) is 24.8 Å². The van der Waals surface area contributed by atoms with Gasteiger partial charge in [-0.15, -0.1) is 0 Å². The van der Waals surface area contributed by atoms with Gasteiger partial charge < -0.3 is 15.2 Å². The zero-order valence-corrected chi connectivity index (χ0v) is 11.9. The fourth-order valence-electron chi connectivity index (χ4n) is 1.91. The summed E-state index contributed by atoms with van der Waals surface area (Å²) in [5.74, 6) is 2.03. The summed E-state index contributed by atoms with van der Waals surface area (Å²) in [5, 5.41) is 12.6. The minimum absolute atomic E-state index is 0.216. The molecule has 0 bridgehead atoms. The Morgan fingerprint density at radius 3 is 2.74 bits per heavy atom. The molecule has 2 atom stereocenters. The van der Waals surface area contributed by atoms with E-state index in [1.807, 2.05) is 25.1 Å². The van der Waals surface area contributed by atoms with Crippen LogP contribution in [0.1, 0.15) is 32.3 Å². The van der Waals surface area contributed by atoms with Crippen molar-refractivity contribution in [2.75, 3.05) is 13.2 Å². The molecule has 2 unspecified atom stereocenters. The van der Waals surface area contributed by atoms with Gasteiger partial charge in [0.2, 0.25) is 0 Å². The first-order valence-corrected chi connectivity index (χ1v) is 7.25. The highest BCUT2D eigenvalue weighted by Gasteiger charge is 2.22. The molecule has 0 heterocycles. The maximum atomic E-state index is 9.14. The van der Waals surface area contributed by atoms with E-state index < -0.39 is 0 Å². The molecule has 1 saturated carbocycles. The summed E-state index contributed by atoms with van der Waals surface area (Å²) in [6.07, 6.45) is 2.62. The van der Waals surface area contributed by atoms with E-state index in [0.717, 1.165) is 24.8 Å². The Kier molecular flexibility index (Phi) is 5.23. The maximum Gasteiger partial charge on any atom is 0.123 e. The first-order chi connectivity index (χ1) is 9.20. The van der Waals surface area contributed by atoms with Crippen molar-refractivity contribution in [3.8, 4) is 5.75 Å². The minimum Gasteiger partial charge on any atom is -0.493 e. The minimum atomic E-state index is 0.216. The van der Waals surface area contributed by atoms with E-state index in [1.165, 1.54) is 18.4 Å². The number of benzene rings is 1. The number of ether oxygens (including phenoxy) is 1. The average molecular weight is 263 g/mol. The van der Waals surface area contributed by atoms with Gasteiger partial charge in [0.1, 0.15) is 5.75 Å². The lowest BCUT2D eigenvalue weighted by Crippen LogP contribution is -2.33. The van der Waals surface area contributed by atoms with E-state index in [4.69, 9.17) is 9.84 Å². The molecular weight excluding hydrogens is 238 g/mol. The van der Waals surface area contributed by atoms with E-state index in [2.05, 4.69) is 18.3 Å². The number of para-hydroxylation sites is 1. The molecule has 3 nitrogen and oxygen atoms in total. The smallest absolute Gasteiger partial charge is 0.123 e. The van der Waals surface area contributed by atoms with Crippen LogP contribution in [-0.4, -0.2) is 24.4 Å². The second kappa shape index (κ2) is 6.92. The molecule has 106 valence electrons. The zero-order chi connectivity index (χ0) is 13.7. The molecule has 0 aromatic heterocycles.